The number of aliphatic hydroxyl groups excluding tert-OH is 2. The molecule has 11 heteroatoms. The molecule has 47 heavy (non-hydrogen) atoms. The van der Waals surface area contributed by atoms with Gasteiger partial charge in [-0.2, -0.15) is 0 Å². The molecule has 0 heterocycles. The Morgan fingerprint density at radius 1 is 0.660 bits per heavy atom. The smallest absolute Gasteiger partial charge is 0.462 e. The van der Waals surface area contributed by atoms with E-state index in [4.69, 9.17) is 19.1 Å². The van der Waals surface area contributed by atoms with E-state index >= 15 is 0 Å². The van der Waals surface area contributed by atoms with Gasteiger partial charge in [0.25, 0.3) is 0 Å². The van der Waals surface area contributed by atoms with Crippen LogP contribution < -0.4 is 0 Å². The summed E-state index contributed by atoms with van der Waals surface area (Å²) in [6, 6.07) is 0. The van der Waals surface area contributed by atoms with Crippen molar-refractivity contribution < 1.29 is 47.8 Å². The highest BCUT2D eigenvalue weighted by Gasteiger charge is 2.27. The number of allylic oxidation sites excluding steroid dienone is 9. The molecule has 0 bridgehead atoms. The molecule has 10 nitrogen and oxygen atoms in total. The van der Waals surface area contributed by atoms with Gasteiger partial charge in [-0.3, -0.25) is 18.6 Å². The number of esters is 2. The molecule has 0 aromatic heterocycles. The highest BCUT2D eigenvalue weighted by molar-refractivity contribution is 7.47. The Morgan fingerprint density at radius 3 is 1.68 bits per heavy atom. The molecule has 3 unspecified atom stereocenters. The van der Waals surface area contributed by atoms with Gasteiger partial charge in [-0.25, -0.2) is 4.57 Å². The predicted octanol–water partition coefficient (Wildman–Crippen LogP) is 7.99. The third-order valence-electron chi connectivity index (χ3n) is 6.72. The summed E-state index contributed by atoms with van der Waals surface area (Å²) in [6.45, 7) is 2.08. The number of carbonyl (C=O) groups excluding carboxylic acids is 2. The van der Waals surface area contributed by atoms with Crippen LogP contribution in [0.1, 0.15) is 117 Å². The summed E-state index contributed by atoms with van der Waals surface area (Å²) in [6.07, 6.45) is 32.4. The maximum absolute atomic E-state index is 12.4. The SMILES string of the molecule is CC/C=C\C/C=C\C/C=C\C/C=C\C/C=C\CC(=O)OC(COC(=O)CCCCCCCCCCC)COP(=O)(O)OCC(O)CO. The largest absolute Gasteiger partial charge is 0.472 e. The zero-order chi connectivity index (χ0) is 34.9. The van der Waals surface area contributed by atoms with E-state index in [-0.39, 0.29) is 19.4 Å². The van der Waals surface area contributed by atoms with Gasteiger partial charge in [0.05, 0.1) is 26.2 Å². The van der Waals surface area contributed by atoms with E-state index in [2.05, 4.69) is 54.8 Å². The van der Waals surface area contributed by atoms with Crippen molar-refractivity contribution in [2.75, 3.05) is 26.4 Å². The van der Waals surface area contributed by atoms with Crippen LogP contribution in [0.3, 0.4) is 0 Å². The van der Waals surface area contributed by atoms with Gasteiger partial charge in [0.2, 0.25) is 0 Å². The van der Waals surface area contributed by atoms with E-state index in [0.717, 1.165) is 44.9 Å². The predicted molar refractivity (Wildman–Crippen MR) is 187 cm³/mol. The second-order valence-electron chi connectivity index (χ2n) is 11.2. The first-order valence-corrected chi connectivity index (χ1v) is 18.7. The summed E-state index contributed by atoms with van der Waals surface area (Å²) >= 11 is 0. The van der Waals surface area contributed by atoms with Crippen molar-refractivity contribution in [3.63, 3.8) is 0 Å². The molecule has 3 N–H and O–H groups in total. The number of unbranched alkanes of at least 4 members (excludes halogenated alkanes) is 8. The lowest BCUT2D eigenvalue weighted by Gasteiger charge is -2.20. The molecular weight excluding hydrogens is 623 g/mol. The highest BCUT2D eigenvalue weighted by Crippen LogP contribution is 2.43. The first-order valence-electron chi connectivity index (χ1n) is 17.2. The molecule has 0 amide bonds. The van der Waals surface area contributed by atoms with Crippen molar-refractivity contribution >= 4 is 19.8 Å². The van der Waals surface area contributed by atoms with E-state index in [1.165, 1.54) is 32.1 Å². The summed E-state index contributed by atoms with van der Waals surface area (Å²) in [5, 5.41) is 18.2. The average molecular weight is 685 g/mol. The van der Waals surface area contributed by atoms with Crippen molar-refractivity contribution in [2.45, 2.75) is 129 Å². The molecule has 0 aliphatic heterocycles. The van der Waals surface area contributed by atoms with Crippen molar-refractivity contribution in [1.82, 2.24) is 0 Å². The number of rotatable bonds is 31. The Bertz CT molecular complexity index is 973. The topological polar surface area (TPSA) is 149 Å². The molecular formula is C36H61O10P. The summed E-state index contributed by atoms with van der Waals surface area (Å²) in [7, 11) is -4.63. The first-order chi connectivity index (χ1) is 22.7. The van der Waals surface area contributed by atoms with E-state index in [0.29, 0.717) is 12.8 Å². The van der Waals surface area contributed by atoms with Crippen LogP contribution in [0.4, 0.5) is 0 Å². The number of aliphatic hydroxyl groups is 2. The Labute approximate surface area is 283 Å². The second kappa shape index (κ2) is 32.2. The number of phosphoric ester groups is 1. The maximum atomic E-state index is 12.4. The van der Waals surface area contributed by atoms with Crippen molar-refractivity contribution in [3.8, 4) is 0 Å². The Morgan fingerprint density at radius 2 is 1.15 bits per heavy atom. The Kier molecular flexibility index (Phi) is 30.6. The van der Waals surface area contributed by atoms with Crippen LogP contribution in [0.2, 0.25) is 0 Å². The van der Waals surface area contributed by atoms with Crippen molar-refractivity contribution in [3.05, 3.63) is 60.8 Å². The number of phosphoric acid groups is 1. The van der Waals surface area contributed by atoms with Crippen LogP contribution in [0.15, 0.2) is 60.8 Å². The third kappa shape index (κ3) is 32.0. The van der Waals surface area contributed by atoms with E-state index < -0.39 is 51.8 Å². The van der Waals surface area contributed by atoms with Crippen LogP contribution in [0.5, 0.6) is 0 Å². The van der Waals surface area contributed by atoms with Crippen LogP contribution in [0, 0.1) is 0 Å². The molecule has 0 aliphatic carbocycles. The molecule has 0 aliphatic rings. The molecule has 0 saturated heterocycles. The molecule has 0 radical (unpaired) electrons. The fourth-order valence-corrected chi connectivity index (χ4v) is 4.86. The average Bonchev–Trinajstić information content (AvgIpc) is 3.05. The minimum absolute atomic E-state index is 0.0492. The zero-order valence-corrected chi connectivity index (χ0v) is 29.6. The molecule has 0 aromatic carbocycles. The summed E-state index contributed by atoms with van der Waals surface area (Å²) in [5.74, 6) is -1.08. The van der Waals surface area contributed by atoms with Crippen LogP contribution in [-0.2, 0) is 32.7 Å². The first kappa shape index (κ1) is 44.7. The number of hydrogen-bond donors (Lipinski definition) is 3. The lowest BCUT2D eigenvalue weighted by Crippen LogP contribution is -2.29. The number of ether oxygens (including phenoxy) is 2. The molecule has 0 aromatic rings. The Balaban J connectivity index is 4.60. The standard InChI is InChI=1S/C36H61O10P/c1-3-5-7-9-11-13-14-15-16-17-18-20-22-24-26-28-36(40)46-34(32-45-47(41,42)44-30-33(38)29-37)31-43-35(39)27-25-23-21-19-12-10-8-6-4-2/h5,7,11,13,15-16,18,20,24,26,33-34,37-38H,3-4,6,8-10,12,14,17,19,21-23,25,27-32H2,1-2H3,(H,41,42)/b7-5-,13-11-,16-15-,20-18-,26-24-. The fourth-order valence-electron chi connectivity index (χ4n) is 4.07. The highest BCUT2D eigenvalue weighted by atomic mass is 31.2. The molecule has 0 spiro atoms. The normalized spacial score (nSPS) is 14.9. The van der Waals surface area contributed by atoms with Gasteiger partial charge in [-0.15, -0.1) is 0 Å². The second-order valence-corrected chi connectivity index (χ2v) is 12.6. The fraction of sp³-hybridized carbons (Fsp3) is 0.667. The van der Waals surface area contributed by atoms with Gasteiger partial charge in [0.1, 0.15) is 12.7 Å². The summed E-state index contributed by atoms with van der Waals surface area (Å²) in [5.41, 5.74) is 0. The summed E-state index contributed by atoms with van der Waals surface area (Å²) in [4.78, 5) is 34.6. The monoisotopic (exact) mass is 684 g/mol. The van der Waals surface area contributed by atoms with Crippen molar-refractivity contribution in [2.24, 2.45) is 0 Å². The lowest BCUT2D eigenvalue weighted by molar-refractivity contribution is -0.160. The number of hydrogen-bond acceptors (Lipinski definition) is 9. The maximum Gasteiger partial charge on any atom is 0.472 e. The van der Waals surface area contributed by atoms with Gasteiger partial charge in [0.15, 0.2) is 6.10 Å². The number of carbonyl (C=O) groups is 2. The zero-order valence-electron chi connectivity index (χ0n) is 28.7. The Hall–Kier alpha value is -2.33. The van der Waals surface area contributed by atoms with E-state index in [1.54, 1.807) is 6.08 Å². The van der Waals surface area contributed by atoms with Crippen LogP contribution in [0.25, 0.3) is 0 Å². The van der Waals surface area contributed by atoms with Gasteiger partial charge in [-0.1, -0.05) is 126 Å². The van der Waals surface area contributed by atoms with Crippen molar-refractivity contribution in [1.29, 1.82) is 0 Å². The van der Waals surface area contributed by atoms with Gasteiger partial charge in [-0.05, 0) is 38.5 Å². The van der Waals surface area contributed by atoms with Crippen LogP contribution >= 0.6 is 7.82 Å². The van der Waals surface area contributed by atoms with E-state index in [1.807, 2.05) is 18.2 Å². The molecule has 0 rings (SSSR count). The summed E-state index contributed by atoms with van der Waals surface area (Å²) < 4.78 is 32.3. The molecule has 270 valence electrons. The molecule has 3 atom stereocenters. The van der Waals surface area contributed by atoms with Gasteiger partial charge >= 0.3 is 19.8 Å². The lowest BCUT2D eigenvalue weighted by atomic mass is 10.1. The molecule has 0 fully saturated rings. The minimum Gasteiger partial charge on any atom is -0.462 e. The van der Waals surface area contributed by atoms with Crippen LogP contribution in [-0.4, -0.2) is 65.7 Å². The quantitative estimate of drug-likeness (QED) is 0.0284. The third-order valence-corrected chi connectivity index (χ3v) is 7.67. The van der Waals surface area contributed by atoms with E-state index in [9.17, 15) is 24.2 Å². The molecule has 0 saturated carbocycles. The minimum atomic E-state index is -4.63. The van der Waals surface area contributed by atoms with Gasteiger partial charge in [0, 0.05) is 6.42 Å². The van der Waals surface area contributed by atoms with Gasteiger partial charge < -0.3 is 24.6 Å².